The molecule has 1 heterocycles. The Kier molecular flexibility index (Phi) is 6.65. The van der Waals surface area contributed by atoms with Crippen molar-refractivity contribution >= 4 is 11.8 Å². The molecule has 0 spiro atoms. The second-order valence-corrected chi connectivity index (χ2v) is 5.96. The molecule has 0 unspecified atom stereocenters. The van der Waals surface area contributed by atoms with E-state index in [-0.39, 0.29) is 17.9 Å². The first-order chi connectivity index (χ1) is 10.6. The van der Waals surface area contributed by atoms with Crippen molar-refractivity contribution in [2.45, 2.75) is 39.4 Å². The highest BCUT2D eigenvalue weighted by Gasteiger charge is 2.33. The number of alkyl halides is 3. The molecule has 130 valence electrons. The Labute approximate surface area is 134 Å². The quantitative estimate of drug-likeness (QED) is 0.441. The number of guanidine groups is 1. The van der Waals surface area contributed by atoms with E-state index in [0.29, 0.717) is 19.0 Å². The van der Waals surface area contributed by atoms with E-state index in [0.717, 1.165) is 6.07 Å². The molecule has 0 aliphatic carbocycles. The van der Waals surface area contributed by atoms with E-state index in [2.05, 4.69) is 25.9 Å². The fraction of sp³-hybridized carbons (Fsp3) is 0.600. The predicted octanol–water partition coefficient (Wildman–Crippen LogP) is 2.87. The van der Waals surface area contributed by atoms with Crippen molar-refractivity contribution in [3.05, 3.63) is 23.9 Å². The molecule has 1 rings (SSSR count). The summed E-state index contributed by atoms with van der Waals surface area (Å²) in [6, 6.07) is 2.27. The number of nitrogens with one attached hydrogen (secondary N) is 3. The lowest BCUT2D eigenvalue weighted by Crippen LogP contribution is -2.47. The van der Waals surface area contributed by atoms with Crippen LogP contribution in [0.3, 0.4) is 0 Å². The van der Waals surface area contributed by atoms with Crippen LogP contribution in [0.1, 0.15) is 33.3 Å². The van der Waals surface area contributed by atoms with Gasteiger partial charge in [0, 0.05) is 24.8 Å². The van der Waals surface area contributed by atoms with E-state index in [9.17, 15) is 13.2 Å². The Balaban J connectivity index is 2.64. The van der Waals surface area contributed by atoms with Crippen LogP contribution >= 0.6 is 0 Å². The highest BCUT2D eigenvalue weighted by Crippen LogP contribution is 2.33. The summed E-state index contributed by atoms with van der Waals surface area (Å²) < 4.78 is 38.5. The van der Waals surface area contributed by atoms with Crippen LogP contribution in [0.2, 0.25) is 0 Å². The zero-order chi connectivity index (χ0) is 17.5. The summed E-state index contributed by atoms with van der Waals surface area (Å²) >= 11 is 0. The monoisotopic (exact) mass is 331 g/mol. The van der Waals surface area contributed by atoms with Crippen LogP contribution in [-0.2, 0) is 6.18 Å². The van der Waals surface area contributed by atoms with Gasteiger partial charge in [-0.05, 0) is 39.8 Å². The summed E-state index contributed by atoms with van der Waals surface area (Å²) in [5.74, 6) is 0.447. The van der Waals surface area contributed by atoms with Gasteiger partial charge in [0.1, 0.15) is 5.82 Å². The maximum absolute atomic E-state index is 12.8. The average Bonchev–Trinajstić information content (AvgIpc) is 2.41. The molecule has 0 radical (unpaired) electrons. The van der Waals surface area contributed by atoms with Gasteiger partial charge >= 0.3 is 6.18 Å². The summed E-state index contributed by atoms with van der Waals surface area (Å²) in [5, 5.41) is 8.98. The lowest BCUT2D eigenvalue weighted by atomic mass is 10.1. The summed E-state index contributed by atoms with van der Waals surface area (Å²) in [6.07, 6.45) is -3.10. The average molecular weight is 331 g/mol. The van der Waals surface area contributed by atoms with E-state index in [1.165, 1.54) is 12.3 Å². The molecular weight excluding hydrogens is 307 g/mol. The van der Waals surface area contributed by atoms with Crippen LogP contribution in [0.25, 0.3) is 0 Å². The van der Waals surface area contributed by atoms with Gasteiger partial charge in [-0.15, -0.1) is 0 Å². The number of rotatable bonds is 5. The second kappa shape index (κ2) is 8.03. The third-order valence-electron chi connectivity index (χ3n) is 2.62. The van der Waals surface area contributed by atoms with Crippen molar-refractivity contribution in [2.24, 2.45) is 4.99 Å². The van der Waals surface area contributed by atoms with Crippen molar-refractivity contribution in [1.82, 2.24) is 15.6 Å². The molecule has 0 aromatic carbocycles. The van der Waals surface area contributed by atoms with Crippen molar-refractivity contribution in [3.8, 4) is 0 Å². The number of aliphatic imine (C=N–C) groups is 1. The molecule has 0 amide bonds. The molecule has 23 heavy (non-hydrogen) atoms. The van der Waals surface area contributed by atoms with Gasteiger partial charge in [0.05, 0.1) is 12.1 Å². The van der Waals surface area contributed by atoms with E-state index in [1.54, 1.807) is 0 Å². The van der Waals surface area contributed by atoms with E-state index in [1.807, 2.05) is 27.7 Å². The smallest absolute Gasteiger partial charge is 0.368 e. The summed E-state index contributed by atoms with van der Waals surface area (Å²) in [6.45, 7) is 9.22. The van der Waals surface area contributed by atoms with Gasteiger partial charge in [0.2, 0.25) is 0 Å². The van der Waals surface area contributed by atoms with Crippen LogP contribution < -0.4 is 16.0 Å². The van der Waals surface area contributed by atoms with Crippen LogP contribution in [-0.4, -0.2) is 36.1 Å². The largest absolute Gasteiger partial charge is 0.419 e. The number of hydrogen-bond donors (Lipinski definition) is 3. The molecule has 0 saturated heterocycles. The van der Waals surface area contributed by atoms with Gasteiger partial charge in [0.25, 0.3) is 0 Å². The minimum Gasteiger partial charge on any atom is -0.368 e. The van der Waals surface area contributed by atoms with E-state index in [4.69, 9.17) is 0 Å². The maximum Gasteiger partial charge on any atom is 0.419 e. The first-order valence-electron chi connectivity index (χ1n) is 7.46. The fourth-order valence-electron chi connectivity index (χ4n) is 1.78. The van der Waals surface area contributed by atoms with Crippen LogP contribution in [0, 0.1) is 0 Å². The van der Waals surface area contributed by atoms with Crippen molar-refractivity contribution in [2.75, 3.05) is 25.0 Å². The first kappa shape index (κ1) is 19.1. The lowest BCUT2D eigenvalue weighted by molar-refractivity contribution is -0.137. The number of aromatic nitrogens is 1. The summed E-state index contributed by atoms with van der Waals surface area (Å²) in [5.41, 5.74) is -0.928. The molecule has 8 heteroatoms. The van der Waals surface area contributed by atoms with Gasteiger partial charge in [-0.25, -0.2) is 4.98 Å². The highest BCUT2D eigenvalue weighted by molar-refractivity contribution is 5.80. The Morgan fingerprint density at radius 3 is 2.52 bits per heavy atom. The number of nitrogens with zero attached hydrogens (tertiary/aromatic N) is 2. The van der Waals surface area contributed by atoms with Gasteiger partial charge in [0.15, 0.2) is 5.96 Å². The van der Waals surface area contributed by atoms with Gasteiger partial charge in [-0.3, -0.25) is 4.99 Å². The van der Waals surface area contributed by atoms with Crippen LogP contribution in [0.5, 0.6) is 0 Å². The number of halogens is 3. The number of hydrogen-bond acceptors (Lipinski definition) is 3. The predicted molar refractivity (Wildman–Crippen MR) is 86.6 cm³/mol. The number of pyridine rings is 1. The molecule has 5 nitrogen and oxygen atoms in total. The Morgan fingerprint density at radius 1 is 1.26 bits per heavy atom. The molecule has 1 aromatic rings. The van der Waals surface area contributed by atoms with E-state index < -0.39 is 11.7 Å². The molecule has 0 aliphatic heterocycles. The Bertz CT molecular complexity index is 521. The van der Waals surface area contributed by atoms with Gasteiger partial charge in [-0.2, -0.15) is 13.2 Å². The van der Waals surface area contributed by atoms with Crippen LogP contribution in [0.4, 0.5) is 19.0 Å². The maximum atomic E-state index is 12.8. The minimum atomic E-state index is -4.43. The SMILES string of the molecule is CCNC(=NCCNc1ncccc1C(F)(F)F)NC(C)(C)C. The zero-order valence-electron chi connectivity index (χ0n) is 13.9. The first-order valence-corrected chi connectivity index (χ1v) is 7.46. The molecule has 0 aliphatic rings. The molecule has 1 aromatic heterocycles. The molecule has 0 fully saturated rings. The standard InChI is InChI=1S/C15H24F3N5/c1-5-19-13(23-14(2,3)4)22-10-9-21-12-11(15(16,17)18)7-6-8-20-12/h6-8H,5,9-10H2,1-4H3,(H,20,21)(H2,19,22,23). The summed E-state index contributed by atoms with van der Waals surface area (Å²) in [4.78, 5) is 8.08. The second-order valence-electron chi connectivity index (χ2n) is 5.96. The Hall–Kier alpha value is -1.99. The third kappa shape index (κ3) is 7.21. The van der Waals surface area contributed by atoms with Gasteiger partial charge in [-0.1, -0.05) is 0 Å². The van der Waals surface area contributed by atoms with E-state index >= 15 is 0 Å². The molecule has 0 atom stereocenters. The van der Waals surface area contributed by atoms with Crippen molar-refractivity contribution < 1.29 is 13.2 Å². The molecule has 3 N–H and O–H groups in total. The molecular formula is C15H24F3N5. The topological polar surface area (TPSA) is 61.3 Å². The lowest BCUT2D eigenvalue weighted by Gasteiger charge is -2.23. The van der Waals surface area contributed by atoms with Crippen molar-refractivity contribution in [3.63, 3.8) is 0 Å². The number of anilines is 1. The normalized spacial score (nSPS) is 12.9. The fourth-order valence-corrected chi connectivity index (χ4v) is 1.78. The summed E-state index contributed by atoms with van der Waals surface area (Å²) in [7, 11) is 0. The third-order valence-corrected chi connectivity index (χ3v) is 2.62. The highest BCUT2D eigenvalue weighted by atomic mass is 19.4. The zero-order valence-corrected chi connectivity index (χ0v) is 13.9. The van der Waals surface area contributed by atoms with Crippen molar-refractivity contribution in [1.29, 1.82) is 0 Å². The van der Waals surface area contributed by atoms with Gasteiger partial charge < -0.3 is 16.0 Å². The molecule has 0 bridgehead atoms. The van der Waals surface area contributed by atoms with Crippen LogP contribution in [0.15, 0.2) is 23.3 Å². The molecule has 0 saturated carbocycles. The minimum absolute atomic E-state index is 0.154. The Morgan fingerprint density at radius 2 is 1.96 bits per heavy atom.